The molecule has 1 amide bonds. The highest BCUT2D eigenvalue weighted by Gasteiger charge is 2.16. The average molecular weight is 392 g/mol. The van der Waals surface area contributed by atoms with Gasteiger partial charge in [0.2, 0.25) is 0 Å². The summed E-state index contributed by atoms with van der Waals surface area (Å²) in [5, 5.41) is 16.0. The van der Waals surface area contributed by atoms with Gasteiger partial charge in [0.1, 0.15) is 0 Å². The van der Waals surface area contributed by atoms with E-state index in [9.17, 15) is 14.7 Å². The number of benzene rings is 2. The van der Waals surface area contributed by atoms with Crippen LogP contribution in [0, 0.1) is 0 Å². The Morgan fingerprint density at radius 3 is 2.41 bits per heavy atom. The molecule has 3 aromatic rings. The fourth-order valence-electron chi connectivity index (χ4n) is 3.18. The van der Waals surface area contributed by atoms with Crippen molar-refractivity contribution in [1.29, 1.82) is 0 Å². The quantitative estimate of drug-likeness (QED) is 0.615. The third-order valence-electron chi connectivity index (χ3n) is 4.75. The molecule has 1 heterocycles. The van der Waals surface area contributed by atoms with E-state index in [-0.39, 0.29) is 18.1 Å². The SMILES string of the molecule is CCN(Cc1ccccc1)c1ccc(C(=O)NCc2cnn(C)c2C(=O)O)cc1. The fourth-order valence-corrected chi connectivity index (χ4v) is 3.18. The van der Waals surface area contributed by atoms with Crippen LogP contribution in [0.25, 0.3) is 0 Å². The Balaban J connectivity index is 1.64. The van der Waals surface area contributed by atoms with Gasteiger partial charge in [0, 0.05) is 43.5 Å². The normalized spacial score (nSPS) is 10.6. The van der Waals surface area contributed by atoms with E-state index in [1.54, 1.807) is 19.2 Å². The second kappa shape index (κ2) is 9.05. The maximum absolute atomic E-state index is 12.4. The molecule has 7 heteroatoms. The molecule has 7 nitrogen and oxygen atoms in total. The number of aromatic nitrogens is 2. The number of aryl methyl sites for hydroxylation is 1. The Kier molecular flexibility index (Phi) is 6.29. The van der Waals surface area contributed by atoms with Crippen molar-refractivity contribution in [2.45, 2.75) is 20.0 Å². The van der Waals surface area contributed by atoms with Gasteiger partial charge in [0.25, 0.3) is 5.91 Å². The fraction of sp³-hybridized carbons (Fsp3) is 0.227. The molecule has 0 spiro atoms. The van der Waals surface area contributed by atoms with Crippen molar-refractivity contribution in [1.82, 2.24) is 15.1 Å². The Hall–Kier alpha value is -3.61. The molecule has 0 aliphatic rings. The number of nitrogens with one attached hydrogen (secondary N) is 1. The molecule has 0 bridgehead atoms. The predicted octanol–water partition coefficient (Wildman–Crippen LogP) is 3.07. The van der Waals surface area contributed by atoms with Crippen LogP contribution in [0.4, 0.5) is 5.69 Å². The number of amides is 1. The van der Waals surface area contributed by atoms with Crippen molar-refractivity contribution in [2.75, 3.05) is 11.4 Å². The van der Waals surface area contributed by atoms with E-state index in [2.05, 4.69) is 34.4 Å². The van der Waals surface area contributed by atoms with Gasteiger partial charge in [0.15, 0.2) is 5.69 Å². The second-order valence-corrected chi connectivity index (χ2v) is 6.68. The molecule has 0 fully saturated rings. The first kappa shape index (κ1) is 20.1. The van der Waals surface area contributed by atoms with Crippen LogP contribution in [0.1, 0.15) is 38.9 Å². The molecule has 150 valence electrons. The molecule has 0 aliphatic heterocycles. The van der Waals surface area contributed by atoms with Crippen LogP contribution in [-0.2, 0) is 20.1 Å². The molecule has 1 aromatic heterocycles. The molecule has 0 saturated heterocycles. The number of carboxylic acids is 1. The maximum atomic E-state index is 12.4. The van der Waals surface area contributed by atoms with Gasteiger partial charge in [-0.05, 0) is 36.8 Å². The van der Waals surface area contributed by atoms with Crippen LogP contribution < -0.4 is 10.2 Å². The van der Waals surface area contributed by atoms with Crippen LogP contribution in [-0.4, -0.2) is 33.3 Å². The molecule has 29 heavy (non-hydrogen) atoms. The number of rotatable bonds is 8. The van der Waals surface area contributed by atoms with Crippen LogP contribution in [0.2, 0.25) is 0 Å². The van der Waals surface area contributed by atoms with Crippen molar-refractivity contribution in [2.24, 2.45) is 7.05 Å². The van der Waals surface area contributed by atoms with Gasteiger partial charge >= 0.3 is 5.97 Å². The number of hydrogen-bond donors (Lipinski definition) is 2. The highest BCUT2D eigenvalue weighted by Crippen LogP contribution is 2.18. The van der Waals surface area contributed by atoms with E-state index in [0.717, 1.165) is 18.8 Å². The average Bonchev–Trinajstić information content (AvgIpc) is 3.11. The van der Waals surface area contributed by atoms with Crippen molar-refractivity contribution >= 4 is 17.6 Å². The topological polar surface area (TPSA) is 87.5 Å². The van der Waals surface area contributed by atoms with Gasteiger partial charge in [-0.3, -0.25) is 9.48 Å². The Morgan fingerprint density at radius 2 is 1.79 bits per heavy atom. The van der Waals surface area contributed by atoms with E-state index in [0.29, 0.717) is 11.1 Å². The molecule has 0 aliphatic carbocycles. The van der Waals surface area contributed by atoms with E-state index >= 15 is 0 Å². The highest BCUT2D eigenvalue weighted by atomic mass is 16.4. The Labute approximate surface area is 169 Å². The summed E-state index contributed by atoms with van der Waals surface area (Å²) in [6.45, 7) is 3.84. The number of nitrogens with zero attached hydrogens (tertiary/aromatic N) is 3. The minimum atomic E-state index is -1.07. The zero-order chi connectivity index (χ0) is 20.8. The first-order valence-corrected chi connectivity index (χ1v) is 9.41. The number of carboxylic acid groups (broad SMARTS) is 1. The lowest BCUT2D eigenvalue weighted by Crippen LogP contribution is -2.24. The van der Waals surface area contributed by atoms with Crippen molar-refractivity contribution in [3.05, 3.63) is 83.2 Å². The summed E-state index contributed by atoms with van der Waals surface area (Å²) in [6, 6.07) is 17.6. The van der Waals surface area contributed by atoms with Gasteiger partial charge in [-0.2, -0.15) is 5.10 Å². The minimum Gasteiger partial charge on any atom is -0.477 e. The second-order valence-electron chi connectivity index (χ2n) is 6.68. The van der Waals surface area contributed by atoms with E-state index in [1.807, 2.05) is 30.3 Å². The molecular formula is C22H24N4O3. The Morgan fingerprint density at radius 1 is 1.10 bits per heavy atom. The molecule has 3 rings (SSSR count). The number of hydrogen-bond acceptors (Lipinski definition) is 4. The number of aromatic carboxylic acids is 1. The molecule has 0 unspecified atom stereocenters. The summed E-state index contributed by atoms with van der Waals surface area (Å²) < 4.78 is 1.28. The largest absolute Gasteiger partial charge is 0.477 e. The number of anilines is 1. The van der Waals surface area contributed by atoms with E-state index in [1.165, 1.54) is 16.4 Å². The standard InChI is InChI=1S/C22H24N4O3/c1-3-26(15-16-7-5-4-6-8-16)19-11-9-17(10-12-19)21(27)23-13-18-14-24-25(2)20(18)22(28)29/h4-12,14H,3,13,15H2,1-2H3,(H,23,27)(H,28,29). The monoisotopic (exact) mass is 392 g/mol. The zero-order valence-corrected chi connectivity index (χ0v) is 16.5. The first-order chi connectivity index (χ1) is 14.0. The van der Waals surface area contributed by atoms with Crippen LogP contribution in [0.5, 0.6) is 0 Å². The van der Waals surface area contributed by atoms with Crippen LogP contribution in [0.15, 0.2) is 60.8 Å². The van der Waals surface area contributed by atoms with Gasteiger partial charge in [-0.1, -0.05) is 30.3 Å². The lowest BCUT2D eigenvalue weighted by molar-refractivity contribution is 0.0682. The van der Waals surface area contributed by atoms with Gasteiger partial charge in [0.05, 0.1) is 6.20 Å². The minimum absolute atomic E-state index is 0.0696. The maximum Gasteiger partial charge on any atom is 0.354 e. The number of carbonyl (C=O) groups excluding carboxylic acids is 1. The summed E-state index contributed by atoms with van der Waals surface area (Å²) in [5.74, 6) is -1.33. The summed E-state index contributed by atoms with van der Waals surface area (Å²) in [6.07, 6.45) is 1.45. The molecule has 0 radical (unpaired) electrons. The first-order valence-electron chi connectivity index (χ1n) is 9.41. The van der Waals surface area contributed by atoms with Gasteiger partial charge in [-0.15, -0.1) is 0 Å². The van der Waals surface area contributed by atoms with Crippen molar-refractivity contribution in [3.63, 3.8) is 0 Å². The summed E-state index contributed by atoms with van der Waals surface area (Å²) in [4.78, 5) is 26.0. The molecule has 0 atom stereocenters. The Bertz CT molecular complexity index is 981. The lowest BCUT2D eigenvalue weighted by Gasteiger charge is -2.23. The lowest BCUT2D eigenvalue weighted by atomic mass is 10.1. The molecule has 0 saturated carbocycles. The van der Waals surface area contributed by atoms with Crippen molar-refractivity contribution < 1.29 is 14.7 Å². The van der Waals surface area contributed by atoms with Crippen LogP contribution >= 0.6 is 0 Å². The van der Waals surface area contributed by atoms with Crippen molar-refractivity contribution in [3.8, 4) is 0 Å². The molecule has 2 N–H and O–H groups in total. The summed E-state index contributed by atoms with van der Waals surface area (Å²) in [5.41, 5.74) is 3.31. The van der Waals surface area contributed by atoms with Gasteiger partial charge in [-0.25, -0.2) is 4.79 Å². The van der Waals surface area contributed by atoms with E-state index in [4.69, 9.17) is 0 Å². The van der Waals surface area contributed by atoms with Crippen LogP contribution in [0.3, 0.4) is 0 Å². The molecular weight excluding hydrogens is 368 g/mol. The summed E-state index contributed by atoms with van der Waals surface area (Å²) in [7, 11) is 1.56. The smallest absolute Gasteiger partial charge is 0.354 e. The van der Waals surface area contributed by atoms with Gasteiger partial charge < -0.3 is 15.3 Å². The third kappa shape index (κ3) is 4.82. The summed E-state index contributed by atoms with van der Waals surface area (Å²) >= 11 is 0. The third-order valence-corrected chi connectivity index (χ3v) is 4.75. The highest BCUT2D eigenvalue weighted by molar-refractivity contribution is 5.94. The van der Waals surface area contributed by atoms with E-state index < -0.39 is 5.97 Å². The number of carbonyl (C=O) groups is 2. The molecule has 2 aromatic carbocycles. The predicted molar refractivity (Wildman–Crippen MR) is 111 cm³/mol. The zero-order valence-electron chi connectivity index (χ0n) is 16.5.